The van der Waals surface area contributed by atoms with E-state index in [1.165, 1.54) is 0 Å². The molecule has 0 radical (unpaired) electrons. The van der Waals surface area contributed by atoms with Crippen molar-refractivity contribution in [3.05, 3.63) is 0 Å². The molecule has 0 unspecified atom stereocenters. The van der Waals surface area contributed by atoms with Crippen LogP contribution in [0.4, 0.5) is 110 Å². The van der Waals surface area contributed by atoms with E-state index in [1.807, 2.05) is 0 Å². The summed E-state index contributed by atoms with van der Waals surface area (Å²) < 4.78 is 372. The molecule has 0 heterocycles. The number of hydrogen-bond acceptors (Lipinski definition) is 3. The minimum Gasteiger partial charge on any atom is -0.324 e. The van der Waals surface area contributed by atoms with E-state index < -0.39 is 118 Å². The summed E-state index contributed by atoms with van der Waals surface area (Å²) in [7, 11) is -13.1. The Morgan fingerprint density at radius 2 is 0.720 bits per heavy atom. The van der Waals surface area contributed by atoms with Crippen molar-refractivity contribution in [2.75, 3.05) is 19.3 Å². The molecule has 0 aliphatic carbocycles. The van der Waals surface area contributed by atoms with Crippen molar-refractivity contribution in [2.45, 2.75) is 84.0 Å². The standard InChI is InChI=1S/C17H13F25NO5PS/c1-2-43(4-3-5-49(44,45)46)50(47,48)17(41,42)15(36,37)13(32,33)11(28,29)9(24,25)7(20,21)6(18,19)8(22,23)10(26,27)12(30,31)14(34,35)16(38,39)40/h2-5H2,1H3,(H2,44,45,46). The first-order valence-electron chi connectivity index (χ1n) is 11.4. The van der Waals surface area contributed by atoms with Crippen molar-refractivity contribution in [3.8, 4) is 0 Å². The first kappa shape index (κ1) is 48.3. The molecule has 0 spiro atoms. The molecule has 0 aromatic carbocycles. The fraction of sp³-hybridized carbons (Fsp3) is 1.00. The molecule has 50 heavy (non-hydrogen) atoms. The van der Waals surface area contributed by atoms with Crippen LogP contribution in [0.15, 0.2) is 0 Å². The van der Waals surface area contributed by atoms with Crippen molar-refractivity contribution < 1.29 is 133 Å². The van der Waals surface area contributed by atoms with Gasteiger partial charge in [-0.05, 0) is 6.42 Å². The molecule has 0 aliphatic rings. The second kappa shape index (κ2) is 12.7. The van der Waals surface area contributed by atoms with E-state index in [0.29, 0.717) is 0 Å². The maximum absolute atomic E-state index is 14.3. The second-order valence-corrected chi connectivity index (χ2v) is 13.3. The molecule has 0 rings (SSSR count). The summed E-state index contributed by atoms with van der Waals surface area (Å²) in [6.07, 6.45) is -11.2. The van der Waals surface area contributed by atoms with Gasteiger partial charge in [0.05, 0.1) is 6.16 Å². The van der Waals surface area contributed by atoms with E-state index in [-0.39, 0.29) is 6.92 Å². The van der Waals surface area contributed by atoms with Gasteiger partial charge in [0.15, 0.2) is 0 Å². The van der Waals surface area contributed by atoms with Gasteiger partial charge in [-0.3, -0.25) is 4.57 Å². The maximum atomic E-state index is 14.3. The lowest BCUT2D eigenvalue weighted by molar-refractivity contribution is -0.480. The molecule has 302 valence electrons. The van der Waals surface area contributed by atoms with Crippen molar-refractivity contribution >= 4 is 17.6 Å². The topological polar surface area (TPSA) is 94.9 Å². The number of rotatable bonds is 17. The van der Waals surface area contributed by atoms with Gasteiger partial charge in [-0.15, -0.1) is 0 Å². The Hall–Kier alpha value is -1.69. The highest BCUT2D eigenvalue weighted by atomic mass is 32.2. The number of alkyl halides is 25. The van der Waals surface area contributed by atoms with Crippen LogP contribution in [-0.2, 0) is 14.6 Å². The summed E-state index contributed by atoms with van der Waals surface area (Å²) in [6.45, 7) is -3.30. The van der Waals surface area contributed by atoms with Gasteiger partial charge in [0.25, 0.3) is 10.0 Å². The molecule has 0 saturated heterocycles. The predicted molar refractivity (Wildman–Crippen MR) is 108 cm³/mol. The van der Waals surface area contributed by atoms with Crippen molar-refractivity contribution in [1.29, 1.82) is 0 Å². The normalized spacial score (nSPS) is 16.7. The summed E-state index contributed by atoms with van der Waals surface area (Å²) in [5.74, 6) is -94.3. The Kier molecular flexibility index (Phi) is 12.3. The van der Waals surface area contributed by atoms with Crippen LogP contribution in [0.25, 0.3) is 0 Å². The first-order valence-corrected chi connectivity index (χ1v) is 14.7. The van der Waals surface area contributed by atoms with Gasteiger partial charge in [-0.2, -0.15) is 114 Å². The molecule has 33 heteroatoms. The summed E-state index contributed by atoms with van der Waals surface area (Å²) in [6, 6.07) is 0. The molecule has 0 atom stereocenters. The monoisotopic (exact) mass is 849 g/mol. The highest BCUT2D eigenvalue weighted by Crippen LogP contribution is 2.68. The average molecular weight is 849 g/mol. The highest BCUT2D eigenvalue weighted by Gasteiger charge is 3.00. The molecule has 0 aromatic heterocycles. The lowest BCUT2D eigenvalue weighted by Crippen LogP contribution is -2.78. The van der Waals surface area contributed by atoms with Crippen LogP contribution in [0.3, 0.4) is 0 Å². The molecule has 0 fully saturated rings. The smallest absolute Gasteiger partial charge is 0.324 e. The van der Waals surface area contributed by atoms with E-state index in [4.69, 9.17) is 9.79 Å². The lowest BCUT2D eigenvalue weighted by atomic mass is 9.85. The third kappa shape index (κ3) is 6.46. The third-order valence-corrected chi connectivity index (χ3v) is 9.07. The second-order valence-electron chi connectivity index (χ2n) is 9.50. The molecule has 0 aliphatic heterocycles. The maximum Gasteiger partial charge on any atom is 0.460 e. The largest absolute Gasteiger partial charge is 0.460 e. The van der Waals surface area contributed by atoms with Gasteiger partial charge < -0.3 is 9.79 Å². The summed E-state index contributed by atoms with van der Waals surface area (Å²) >= 11 is 0. The predicted octanol–water partition coefficient (Wildman–Crippen LogP) is 7.71. The Balaban J connectivity index is 7.41. The number of halogens is 25. The quantitative estimate of drug-likeness (QED) is 0.116. The zero-order chi connectivity index (χ0) is 41.4. The molecule has 0 aromatic rings. The highest BCUT2D eigenvalue weighted by molar-refractivity contribution is 7.90. The zero-order valence-corrected chi connectivity index (χ0v) is 24.4. The molecule has 0 saturated carbocycles. The zero-order valence-electron chi connectivity index (χ0n) is 22.7. The van der Waals surface area contributed by atoms with E-state index >= 15 is 0 Å². The molecule has 0 bridgehead atoms. The minimum atomic E-state index is -9.80. The lowest BCUT2D eigenvalue weighted by Gasteiger charge is -2.45. The summed E-state index contributed by atoms with van der Waals surface area (Å²) in [5.41, 5.74) is 0. The number of nitrogens with zero attached hydrogens (tertiary/aromatic N) is 1. The van der Waals surface area contributed by atoms with Crippen LogP contribution in [0.1, 0.15) is 13.3 Å². The van der Waals surface area contributed by atoms with Crippen LogP contribution < -0.4 is 0 Å². The fourth-order valence-corrected chi connectivity index (χ4v) is 5.20. The van der Waals surface area contributed by atoms with E-state index in [9.17, 15) is 123 Å². The van der Waals surface area contributed by atoms with E-state index in [1.54, 1.807) is 0 Å². The van der Waals surface area contributed by atoms with Gasteiger partial charge in [-0.25, -0.2) is 8.42 Å². The van der Waals surface area contributed by atoms with E-state index in [0.717, 1.165) is 0 Å². The molecule has 0 amide bonds. The number of sulfonamides is 1. The molecular formula is C17H13F25NO5PS. The Labute approximate surface area is 258 Å². The third-order valence-electron chi connectivity index (χ3n) is 6.14. The molecular weight excluding hydrogens is 836 g/mol. The van der Waals surface area contributed by atoms with Gasteiger partial charge in [0, 0.05) is 13.1 Å². The van der Waals surface area contributed by atoms with Crippen molar-refractivity contribution in [2.24, 2.45) is 0 Å². The van der Waals surface area contributed by atoms with Crippen LogP contribution in [0.2, 0.25) is 0 Å². The van der Waals surface area contributed by atoms with Gasteiger partial charge in [0.1, 0.15) is 0 Å². The molecule has 2 N–H and O–H groups in total. The van der Waals surface area contributed by atoms with Crippen molar-refractivity contribution in [1.82, 2.24) is 4.31 Å². The SMILES string of the molecule is CCN(CCCP(=O)(O)O)S(=O)(=O)C(F)(F)C(F)(F)C(F)(F)C(F)(F)C(F)(F)C(F)(F)C(F)(F)C(F)(F)C(F)(F)C(F)(F)C(F)(F)C(F)(F)F. The Morgan fingerprint density at radius 1 is 0.480 bits per heavy atom. The van der Waals surface area contributed by atoms with Crippen molar-refractivity contribution in [3.63, 3.8) is 0 Å². The molecule has 6 nitrogen and oxygen atoms in total. The average Bonchev–Trinajstić information content (AvgIpc) is 2.88. The van der Waals surface area contributed by atoms with E-state index in [2.05, 4.69) is 0 Å². The van der Waals surface area contributed by atoms with Gasteiger partial charge in [-0.1, -0.05) is 6.92 Å². The van der Waals surface area contributed by atoms with Crippen LogP contribution in [-0.4, -0.2) is 112 Å². The first-order chi connectivity index (χ1) is 21.2. The van der Waals surface area contributed by atoms with Gasteiger partial charge in [0.2, 0.25) is 0 Å². The van der Waals surface area contributed by atoms with Crippen LogP contribution in [0.5, 0.6) is 0 Å². The van der Waals surface area contributed by atoms with Crippen LogP contribution in [0, 0.1) is 0 Å². The summed E-state index contributed by atoms with van der Waals surface area (Å²) in [5, 5.41) is -8.08. The fourth-order valence-electron chi connectivity index (χ4n) is 3.16. The number of hydrogen-bond donors (Lipinski definition) is 2. The Bertz CT molecular complexity index is 1390. The van der Waals surface area contributed by atoms with Crippen LogP contribution >= 0.6 is 7.60 Å². The Morgan fingerprint density at radius 3 is 0.940 bits per heavy atom. The van der Waals surface area contributed by atoms with Gasteiger partial charge >= 0.3 is 78.3 Å². The minimum absolute atomic E-state index is 0.289. The summed E-state index contributed by atoms with van der Waals surface area (Å²) in [4.78, 5) is 17.2.